The molecule has 0 radical (unpaired) electrons. The molecule has 2 rings (SSSR count). The Morgan fingerprint density at radius 2 is 2.33 bits per heavy atom. The van der Waals surface area contributed by atoms with Crippen molar-refractivity contribution in [3.63, 3.8) is 0 Å². The molecule has 4 heteroatoms. The molecule has 0 spiro atoms. The third-order valence-electron chi connectivity index (χ3n) is 2.02. The number of nitrogen functional groups attached to an aromatic ring is 1. The molecule has 0 fully saturated rings. The molecule has 1 aliphatic heterocycles. The van der Waals surface area contributed by atoms with Gasteiger partial charge in [-0.05, 0) is 15.9 Å². The van der Waals surface area contributed by atoms with Crippen molar-refractivity contribution in [2.75, 3.05) is 24.3 Å². The van der Waals surface area contributed by atoms with E-state index in [1.54, 1.807) is 4.68 Å². The Kier molecular flexibility index (Phi) is 1.65. The molecule has 0 bridgehead atoms. The molecule has 1 aromatic rings. The number of aromatic nitrogens is 1. The SMILES string of the molecule is CN1CC=Cc2c(Br)cn(N)c21. The number of nitrogens with zero attached hydrogens (tertiary/aromatic N) is 2. The van der Waals surface area contributed by atoms with E-state index in [0.29, 0.717) is 0 Å². The smallest absolute Gasteiger partial charge is 0.135 e. The van der Waals surface area contributed by atoms with E-state index in [0.717, 1.165) is 22.4 Å². The minimum Gasteiger partial charge on any atom is -0.355 e. The van der Waals surface area contributed by atoms with Crippen LogP contribution in [0, 0.1) is 0 Å². The van der Waals surface area contributed by atoms with Gasteiger partial charge in [0.15, 0.2) is 0 Å². The van der Waals surface area contributed by atoms with Crippen LogP contribution in [0.3, 0.4) is 0 Å². The maximum atomic E-state index is 5.76. The zero-order valence-corrected chi connectivity index (χ0v) is 8.37. The van der Waals surface area contributed by atoms with E-state index >= 15 is 0 Å². The molecule has 0 saturated heterocycles. The number of rotatable bonds is 0. The van der Waals surface area contributed by atoms with Crippen LogP contribution in [0.4, 0.5) is 5.82 Å². The van der Waals surface area contributed by atoms with Gasteiger partial charge in [0.2, 0.25) is 0 Å². The summed E-state index contributed by atoms with van der Waals surface area (Å²) in [6.07, 6.45) is 6.08. The molecule has 0 saturated carbocycles. The van der Waals surface area contributed by atoms with Crippen LogP contribution in [0.15, 0.2) is 16.7 Å². The van der Waals surface area contributed by atoms with Gasteiger partial charge in [-0.3, -0.25) is 4.68 Å². The van der Waals surface area contributed by atoms with Crippen LogP contribution in [-0.4, -0.2) is 18.3 Å². The molecule has 0 aromatic carbocycles. The Bertz CT molecular complexity index is 340. The number of hydrogen-bond acceptors (Lipinski definition) is 2. The molecule has 12 heavy (non-hydrogen) atoms. The van der Waals surface area contributed by atoms with Crippen molar-refractivity contribution in [2.45, 2.75) is 0 Å². The molecule has 1 aromatic heterocycles. The van der Waals surface area contributed by atoms with Crippen LogP contribution in [-0.2, 0) is 0 Å². The van der Waals surface area contributed by atoms with Crippen molar-refractivity contribution in [3.8, 4) is 0 Å². The van der Waals surface area contributed by atoms with Crippen molar-refractivity contribution in [2.24, 2.45) is 0 Å². The number of hydrogen-bond donors (Lipinski definition) is 1. The first-order valence-electron chi connectivity index (χ1n) is 3.73. The van der Waals surface area contributed by atoms with Crippen LogP contribution in [0.1, 0.15) is 5.56 Å². The minimum atomic E-state index is 0.917. The summed E-state index contributed by atoms with van der Waals surface area (Å²) in [5, 5.41) is 0. The average Bonchev–Trinajstić information content (AvgIpc) is 2.29. The van der Waals surface area contributed by atoms with Gasteiger partial charge in [0, 0.05) is 29.8 Å². The lowest BCUT2D eigenvalue weighted by molar-refractivity contribution is 0.906. The predicted molar refractivity (Wildman–Crippen MR) is 54.6 cm³/mol. The second-order valence-corrected chi connectivity index (χ2v) is 3.76. The van der Waals surface area contributed by atoms with Crippen LogP contribution in [0.2, 0.25) is 0 Å². The first-order valence-corrected chi connectivity index (χ1v) is 4.53. The average molecular weight is 228 g/mol. The van der Waals surface area contributed by atoms with Crippen molar-refractivity contribution in [3.05, 3.63) is 22.3 Å². The summed E-state index contributed by atoms with van der Waals surface area (Å²) >= 11 is 3.45. The monoisotopic (exact) mass is 227 g/mol. The molecular formula is C8H10BrN3. The van der Waals surface area contributed by atoms with Gasteiger partial charge in [-0.15, -0.1) is 0 Å². The Labute approximate surface area is 79.6 Å². The van der Waals surface area contributed by atoms with E-state index in [4.69, 9.17) is 5.84 Å². The van der Waals surface area contributed by atoms with Crippen molar-refractivity contribution >= 4 is 27.8 Å². The normalized spacial score (nSPS) is 15.0. The summed E-state index contributed by atoms with van der Waals surface area (Å²) in [5.41, 5.74) is 1.16. The maximum Gasteiger partial charge on any atom is 0.135 e. The van der Waals surface area contributed by atoms with Crippen molar-refractivity contribution in [1.82, 2.24) is 4.68 Å². The van der Waals surface area contributed by atoms with Crippen LogP contribution >= 0.6 is 15.9 Å². The molecule has 1 aliphatic rings. The number of likely N-dealkylation sites (N-methyl/N-ethyl adjacent to an activating group) is 1. The third-order valence-corrected chi connectivity index (χ3v) is 2.65. The Balaban J connectivity index is 2.64. The summed E-state index contributed by atoms with van der Waals surface area (Å²) in [6.45, 7) is 0.917. The molecule has 2 N–H and O–H groups in total. The molecule has 0 aliphatic carbocycles. The van der Waals surface area contributed by atoms with Gasteiger partial charge in [-0.1, -0.05) is 12.2 Å². The molecular weight excluding hydrogens is 218 g/mol. The van der Waals surface area contributed by atoms with E-state index < -0.39 is 0 Å². The van der Waals surface area contributed by atoms with Gasteiger partial charge >= 0.3 is 0 Å². The van der Waals surface area contributed by atoms with Gasteiger partial charge in [0.05, 0.1) is 0 Å². The fraction of sp³-hybridized carbons (Fsp3) is 0.250. The first kappa shape index (κ1) is 7.73. The Hall–Kier alpha value is -0.900. The molecule has 64 valence electrons. The first-order chi connectivity index (χ1) is 5.70. The van der Waals surface area contributed by atoms with Crippen LogP contribution in [0.5, 0.6) is 0 Å². The van der Waals surface area contributed by atoms with Crippen molar-refractivity contribution < 1.29 is 0 Å². The minimum absolute atomic E-state index is 0.917. The van der Waals surface area contributed by atoms with Gasteiger partial charge in [0.1, 0.15) is 5.82 Å². The highest BCUT2D eigenvalue weighted by molar-refractivity contribution is 9.10. The highest BCUT2D eigenvalue weighted by Gasteiger charge is 2.16. The summed E-state index contributed by atoms with van der Waals surface area (Å²) in [5.74, 6) is 6.82. The molecule has 2 heterocycles. The molecule has 0 unspecified atom stereocenters. The van der Waals surface area contributed by atoms with Gasteiger partial charge < -0.3 is 10.7 Å². The van der Waals surface area contributed by atoms with E-state index in [9.17, 15) is 0 Å². The quantitative estimate of drug-likeness (QED) is 0.681. The topological polar surface area (TPSA) is 34.2 Å². The van der Waals surface area contributed by atoms with E-state index in [1.165, 1.54) is 0 Å². The van der Waals surface area contributed by atoms with Gasteiger partial charge in [0.25, 0.3) is 0 Å². The molecule has 0 amide bonds. The number of fused-ring (bicyclic) bond motifs is 1. The van der Waals surface area contributed by atoms with E-state index in [2.05, 4.69) is 33.0 Å². The van der Waals surface area contributed by atoms with Gasteiger partial charge in [-0.2, -0.15) is 0 Å². The zero-order chi connectivity index (χ0) is 8.72. The second-order valence-electron chi connectivity index (χ2n) is 2.90. The van der Waals surface area contributed by atoms with Crippen LogP contribution in [0.25, 0.3) is 6.08 Å². The molecule has 0 atom stereocenters. The summed E-state index contributed by atoms with van der Waals surface area (Å²) in [4.78, 5) is 2.11. The largest absolute Gasteiger partial charge is 0.355 e. The summed E-state index contributed by atoms with van der Waals surface area (Å²) in [6, 6.07) is 0. The van der Waals surface area contributed by atoms with E-state index in [1.807, 2.05) is 13.2 Å². The highest BCUT2D eigenvalue weighted by atomic mass is 79.9. The van der Waals surface area contributed by atoms with Crippen LogP contribution < -0.4 is 10.7 Å². The number of halogens is 1. The Morgan fingerprint density at radius 1 is 1.58 bits per heavy atom. The zero-order valence-electron chi connectivity index (χ0n) is 6.79. The predicted octanol–water partition coefficient (Wildman–Crippen LogP) is 1.43. The fourth-order valence-corrected chi connectivity index (χ4v) is 2.00. The number of anilines is 1. The maximum absolute atomic E-state index is 5.76. The second kappa shape index (κ2) is 2.55. The van der Waals surface area contributed by atoms with E-state index in [-0.39, 0.29) is 0 Å². The standard InChI is InChI=1S/C8H10BrN3/c1-11-4-2-3-6-7(9)5-12(10)8(6)11/h2-3,5H,4,10H2,1H3. The number of nitrogens with two attached hydrogens (primary N) is 1. The molecule has 3 nitrogen and oxygen atoms in total. The summed E-state index contributed by atoms with van der Waals surface area (Å²) < 4.78 is 2.69. The fourth-order valence-electron chi connectivity index (χ4n) is 1.47. The van der Waals surface area contributed by atoms with Crippen molar-refractivity contribution in [1.29, 1.82) is 0 Å². The van der Waals surface area contributed by atoms with Gasteiger partial charge in [-0.25, -0.2) is 0 Å². The third kappa shape index (κ3) is 0.948. The lowest BCUT2D eigenvalue weighted by Crippen LogP contribution is -2.25. The lowest BCUT2D eigenvalue weighted by atomic mass is 10.2. The summed E-state index contributed by atoms with van der Waals surface area (Å²) in [7, 11) is 2.03. The highest BCUT2D eigenvalue weighted by Crippen LogP contribution is 2.31. The lowest BCUT2D eigenvalue weighted by Gasteiger charge is -2.21. The Morgan fingerprint density at radius 3 is 3.00 bits per heavy atom.